The highest BCUT2D eigenvalue weighted by molar-refractivity contribution is 5.14. The smallest absolute Gasteiger partial charge is 0.0576 e. The fourth-order valence-corrected chi connectivity index (χ4v) is 2.51. The summed E-state index contributed by atoms with van der Waals surface area (Å²) in [5, 5.41) is 3.52. The molecule has 0 aliphatic carbocycles. The molecule has 0 saturated carbocycles. The van der Waals surface area contributed by atoms with Crippen molar-refractivity contribution in [1.82, 2.24) is 5.32 Å². The summed E-state index contributed by atoms with van der Waals surface area (Å²) < 4.78 is 5.61. The van der Waals surface area contributed by atoms with Gasteiger partial charge in [0.2, 0.25) is 0 Å². The second kappa shape index (κ2) is 8.28. The average Bonchev–Trinajstić information content (AvgIpc) is 2.92. The molecule has 1 fully saturated rings. The first kappa shape index (κ1) is 13.6. The first-order valence-corrected chi connectivity index (χ1v) is 7.31. The van der Waals surface area contributed by atoms with Crippen LogP contribution in [0.25, 0.3) is 0 Å². The summed E-state index contributed by atoms with van der Waals surface area (Å²) in [5.74, 6) is 0. The van der Waals surface area contributed by atoms with Gasteiger partial charge in [-0.15, -0.1) is 0 Å². The molecule has 1 unspecified atom stereocenters. The lowest BCUT2D eigenvalue weighted by Gasteiger charge is -2.09. The van der Waals surface area contributed by atoms with Crippen molar-refractivity contribution in [3.05, 3.63) is 35.9 Å². The Morgan fingerprint density at radius 1 is 1.11 bits per heavy atom. The van der Waals surface area contributed by atoms with Crippen molar-refractivity contribution in [3.63, 3.8) is 0 Å². The number of aryl methyl sites for hydroxylation is 1. The van der Waals surface area contributed by atoms with Crippen LogP contribution in [0.4, 0.5) is 0 Å². The zero-order chi connectivity index (χ0) is 12.5. The molecule has 0 radical (unpaired) electrons. The van der Waals surface area contributed by atoms with Crippen molar-refractivity contribution in [3.8, 4) is 0 Å². The molecule has 1 aliphatic heterocycles. The maximum absolute atomic E-state index is 5.61. The number of hydrogen-bond acceptors (Lipinski definition) is 2. The summed E-state index contributed by atoms with van der Waals surface area (Å²) in [4.78, 5) is 0. The van der Waals surface area contributed by atoms with Gasteiger partial charge in [-0.05, 0) is 57.2 Å². The van der Waals surface area contributed by atoms with Crippen molar-refractivity contribution in [2.45, 2.75) is 44.6 Å². The maximum Gasteiger partial charge on any atom is 0.0576 e. The molecule has 1 saturated heterocycles. The van der Waals surface area contributed by atoms with Gasteiger partial charge in [0.1, 0.15) is 0 Å². The van der Waals surface area contributed by atoms with E-state index in [1.165, 1.54) is 44.1 Å². The monoisotopic (exact) mass is 247 g/mol. The molecule has 2 heteroatoms. The Labute approximate surface area is 111 Å². The molecule has 0 bridgehead atoms. The van der Waals surface area contributed by atoms with E-state index in [9.17, 15) is 0 Å². The largest absolute Gasteiger partial charge is 0.378 e. The fraction of sp³-hybridized carbons (Fsp3) is 0.625. The normalized spacial score (nSPS) is 19.2. The van der Waals surface area contributed by atoms with E-state index in [0.717, 1.165) is 19.7 Å². The molecule has 1 aromatic rings. The van der Waals surface area contributed by atoms with Gasteiger partial charge in [0, 0.05) is 6.61 Å². The molecule has 2 nitrogen and oxygen atoms in total. The molecule has 1 atom stereocenters. The van der Waals surface area contributed by atoms with E-state index >= 15 is 0 Å². The highest BCUT2D eigenvalue weighted by atomic mass is 16.5. The van der Waals surface area contributed by atoms with E-state index in [4.69, 9.17) is 4.74 Å². The molecule has 18 heavy (non-hydrogen) atoms. The highest BCUT2D eigenvalue weighted by Gasteiger charge is 2.14. The van der Waals surface area contributed by atoms with Gasteiger partial charge >= 0.3 is 0 Å². The minimum absolute atomic E-state index is 0.552. The predicted molar refractivity (Wildman–Crippen MR) is 75.8 cm³/mol. The Morgan fingerprint density at radius 3 is 2.72 bits per heavy atom. The molecule has 1 aromatic carbocycles. The quantitative estimate of drug-likeness (QED) is 0.712. The van der Waals surface area contributed by atoms with E-state index in [2.05, 4.69) is 35.6 Å². The Bertz CT molecular complexity index is 306. The minimum Gasteiger partial charge on any atom is -0.378 e. The van der Waals surface area contributed by atoms with Gasteiger partial charge in [-0.2, -0.15) is 0 Å². The zero-order valence-electron chi connectivity index (χ0n) is 11.2. The first-order chi connectivity index (χ1) is 8.95. The highest BCUT2D eigenvalue weighted by Crippen LogP contribution is 2.16. The van der Waals surface area contributed by atoms with Gasteiger partial charge in [0.25, 0.3) is 0 Å². The molecule has 0 aromatic heterocycles. The van der Waals surface area contributed by atoms with E-state index in [1.807, 2.05) is 0 Å². The number of ether oxygens (including phenoxy) is 1. The Morgan fingerprint density at radius 2 is 1.94 bits per heavy atom. The maximum atomic E-state index is 5.61. The van der Waals surface area contributed by atoms with Gasteiger partial charge in [0.05, 0.1) is 6.10 Å². The van der Waals surface area contributed by atoms with Crippen LogP contribution in [0.1, 0.15) is 37.7 Å². The van der Waals surface area contributed by atoms with Crippen LogP contribution in [-0.2, 0) is 11.2 Å². The van der Waals surface area contributed by atoms with Crippen LogP contribution in [0.15, 0.2) is 30.3 Å². The summed E-state index contributed by atoms with van der Waals surface area (Å²) >= 11 is 0. The van der Waals surface area contributed by atoms with E-state index < -0.39 is 0 Å². The van der Waals surface area contributed by atoms with E-state index in [1.54, 1.807) is 0 Å². The van der Waals surface area contributed by atoms with Crippen LogP contribution in [0.5, 0.6) is 0 Å². The standard InChI is InChI=1S/C16H25NO/c1-2-7-15(8-3-1)9-4-12-17-13-5-10-16-11-6-14-18-16/h1-3,7-8,16-17H,4-6,9-14H2. The summed E-state index contributed by atoms with van der Waals surface area (Å²) in [6, 6.07) is 10.7. The van der Waals surface area contributed by atoms with Gasteiger partial charge in [-0.3, -0.25) is 0 Å². The Balaban J connectivity index is 1.42. The van der Waals surface area contributed by atoms with Crippen LogP contribution in [0.3, 0.4) is 0 Å². The molecule has 1 heterocycles. The Kier molecular flexibility index (Phi) is 6.24. The number of rotatable bonds is 8. The van der Waals surface area contributed by atoms with Crippen LogP contribution in [-0.4, -0.2) is 25.8 Å². The minimum atomic E-state index is 0.552. The van der Waals surface area contributed by atoms with Crippen LogP contribution >= 0.6 is 0 Å². The summed E-state index contributed by atoms with van der Waals surface area (Å²) in [5.41, 5.74) is 1.44. The molecule has 2 rings (SSSR count). The molecule has 1 N–H and O–H groups in total. The first-order valence-electron chi connectivity index (χ1n) is 7.31. The zero-order valence-corrected chi connectivity index (χ0v) is 11.2. The lowest BCUT2D eigenvalue weighted by atomic mass is 10.1. The molecular formula is C16H25NO. The lowest BCUT2D eigenvalue weighted by Crippen LogP contribution is -2.18. The second-order valence-corrected chi connectivity index (χ2v) is 5.12. The van der Waals surface area contributed by atoms with Crippen molar-refractivity contribution in [2.24, 2.45) is 0 Å². The molecule has 0 amide bonds. The predicted octanol–water partition coefficient (Wildman–Crippen LogP) is 3.17. The van der Waals surface area contributed by atoms with Crippen LogP contribution in [0, 0.1) is 0 Å². The summed E-state index contributed by atoms with van der Waals surface area (Å²) in [6.45, 7) is 3.24. The third-order valence-corrected chi connectivity index (χ3v) is 3.57. The third kappa shape index (κ3) is 5.19. The number of nitrogens with one attached hydrogen (secondary N) is 1. The van der Waals surface area contributed by atoms with Gasteiger partial charge in [-0.25, -0.2) is 0 Å². The lowest BCUT2D eigenvalue weighted by molar-refractivity contribution is 0.102. The second-order valence-electron chi connectivity index (χ2n) is 5.12. The third-order valence-electron chi connectivity index (χ3n) is 3.57. The summed E-state index contributed by atoms with van der Waals surface area (Å²) in [6.07, 6.45) is 7.96. The van der Waals surface area contributed by atoms with Crippen LogP contribution < -0.4 is 5.32 Å². The van der Waals surface area contributed by atoms with E-state index in [-0.39, 0.29) is 0 Å². The SMILES string of the molecule is c1ccc(CCCNCCCC2CCCO2)cc1. The van der Waals surface area contributed by atoms with Crippen molar-refractivity contribution in [1.29, 1.82) is 0 Å². The van der Waals surface area contributed by atoms with Crippen molar-refractivity contribution in [2.75, 3.05) is 19.7 Å². The molecular weight excluding hydrogens is 222 g/mol. The van der Waals surface area contributed by atoms with Crippen molar-refractivity contribution < 1.29 is 4.74 Å². The number of benzene rings is 1. The van der Waals surface area contributed by atoms with Gasteiger partial charge < -0.3 is 10.1 Å². The molecule has 100 valence electrons. The van der Waals surface area contributed by atoms with Crippen molar-refractivity contribution >= 4 is 0 Å². The van der Waals surface area contributed by atoms with Gasteiger partial charge in [0.15, 0.2) is 0 Å². The number of hydrogen-bond donors (Lipinski definition) is 1. The van der Waals surface area contributed by atoms with E-state index in [0.29, 0.717) is 6.10 Å². The van der Waals surface area contributed by atoms with Gasteiger partial charge in [-0.1, -0.05) is 30.3 Å². The molecule has 1 aliphatic rings. The topological polar surface area (TPSA) is 21.3 Å². The average molecular weight is 247 g/mol. The molecule has 0 spiro atoms. The Hall–Kier alpha value is -0.860. The fourth-order valence-electron chi connectivity index (χ4n) is 2.51. The van der Waals surface area contributed by atoms with Crippen LogP contribution in [0.2, 0.25) is 0 Å². The summed E-state index contributed by atoms with van der Waals surface area (Å²) in [7, 11) is 0.